The number of hydrogen-bond acceptors (Lipinski definition) is 3. The lowest BCUT2D eigenvalue weighted by Crippen LogP contribution is -2.00. The van der Waals surface area contributed by atoms with Crippen molar-refractivity contribution in [1.29, 1.82) is 0 Å². The van der Waals surface area contributed by atoms with Gasteiger partial charge in [-0.2, -0.15) is 0 Å². The Bertz CT molecular complexity index is 759. The second kappa shape index (κ2) is 5.71. The third-order valence-corrected chi connectivity index (χ3v) is 3.20. The van der Waals surface area contributed by atoms with E-state index in [9.17, 15) is 4.79 Å². The zero-order valence-electron chi connectivity index (χ0n) is 11.3. The Balaban J connectivity index is 1.68. The zero-order valence-corrected chi connectivity index (χ0v) is 11.3. The van der Waals surface area contributed by atoms with Crippen LogP contribution in [0.4, 0.5) is 0 Å². The monoisotopic (exact) mass is 282 g/mol. The van der Waals surface area contributed by atoms with Gasteiger partial charge in [0.15, 0.2) is 0 Å². The summed E-state index contributed by atoms with van der Waals surface area (Å²) in [6.07, 6.45) is 0.817. The van der Waals surface area contributed by atoms with Crippen LogP contribution in [0.2, 0.25) is 0 Å². The number of furan rings is 1. The summed E-state index contributed by atoms with van der Waals surface area (Å²) in [6, 6.07) is 16.9. The molecule has 106 valence electrons. The average molecular weight is 282 g/mol. The molecule has 0 aliphatic rings. The molecule has 1 N–H and O–H groups in total. The van der Waals surface area contributed by atoms with E-state index in [1.54, 1.807) is 12.1 Å². The summed E-state index contributed by atoms with van der Waals surface area (Å²) in [5.74, 6) is -0.464. The molecule has 0 unspecified atom stereocenters. The predicted octanol–water partition coefficient (Wildman–Crippen LogP) is 3.75. The molecule has 0 atom stereocenters. The Kier molecular flexibility index (Phi) is 3.60. The summed E-state index contributed by atoms with van der Waals surface area (Å²) < 4.78 is 10.9. The van der Waals surface area contributed by atoms with Gasteiger partial charge in [-0.15, -0.1) is 0 Å². The molecule has 0 aliphatic carbocycles. The fourth-order valence-corrected chi connectivity index (χ4v) is 2.14. The Labute approximate surface area is 121 Å². The molecule has 3 rings (SSSR count). The second-order valence-corrected chi connectivity index (χ2v) is 4.70. The van der Waals surface area contributed by atoms with Crippen molar-refractivity contribution in [3.05, 3.63) is 65.9 Å². The second-order valence-electron chi connectivity index (χ2n) is 4.70. The summed E-state index contributed by atoms with van der Waals surface area (Å²) in [6.45, 7) is 0.558. The normalized spacial score (nSPS) is 10.7. The van der Waals surface area contributed by atoms with Gasteiger partial charge >= 0.3 is 5.97 Å². The van der Waals surface area contributed by atoms with Gasteiger partial charge in [0.1, 0.15) is 11.3 Å². The Morgan fingerprint density at radius 2 is 1.90 bits per heavy atom. The molecule has 0 amide bonds. The number of ether oxygens (including phenoxy) is 1. The van der Waals surface area contributed by atoms with Crippen LogP contribution >= 0.6 is 0 Å². The Morgan fingerprint density at radius 1 is 1.10 bits per heavy atom. The smallest absolute Gasteiger partial charge is 0.371 e. The first-order valence-corrected chi connectivity index (χ1v) is 6.66. The van der Waals surface area contributed by atoms with Crippen LogP contribution in [0.25, 0.3) is 11.0 Å². The summed E-state index contributed by atoms with van der Waals surface area (Å²) in [5, 5.41) is 9.65. The van der Waals surface area contributed by atoms with Crippen molar-refractivity contribution < 1.29 is 19.1 Å². The van der Waals surface area contributed by atoms with Gasteiger partial charge in [0.2, 0.25) is 5.76 Å². The molecule has 0 bridgehead atoms. The van der Waals surface area contributed by atoms with E-state index in [0.717, 1.165) is 11.8 Å². The largest absolute Gasteiger partial charge is 0.493 e. The minimum atomic E-state index is -1.07. The molecule has 4 nitrogen and oxygen atoms in total. The number of rotatable bonds is 5. The maximum atomic E-state index is 10.9. The topological polar surface area (TPSA) is 59.7 Å². The highest BCUT2D eigenvalue weighted by atomic mass is 16.5. The first-order valence-electron chi connectivity index (χ1n) is 6.66. The van der Waals surface area contributed by atoms with Gasteiger partial charge < -0.3 is 14.3 Å². The van der Waals surface area contributed by atoms with Crippen molar-refractivity contribution in [2.24, 2.45) is 0 Å². The standard InChI is InChI=1S/C17H14O4/c18-17(19)16-10-13-6-7-14(11-15(13)21-16)20-9-8-12-4-2-1-3-5-12/h1-7,10-11H,8-9H2,(H,18,19). The number of carbonyl (C=O) groups is 1. The van der Waals surface area contributed by atoms with Crippen LogP contribution in [0.5, 0.6) is 5.75 Å². The Hall–Kier alpha value is -2.75. The number of fused-ring (bicyclic) bond motifs is 1. The lowest BCUT2D eigenvalue weighted by atomic mass is 10.2. The maximum absolute atomic E-state index is 10.9. The first-order chi connectivity index (χ1) is 10.2. The molecule has 0 radical (unpaired) electrons. The highest BCUT2D eigenvalue weighted by molar-refractivity contribution is 5.91. The van der Waals surface area contributed by atoms with E-state index in [0.29, 0.717) is 17.9 Å². The van der Waals surface area contributed by atoms with Gasteiger partial charge in [-0.05, 0) is 23.8 Å². The molecule has 4 heteroatoms. The third-order valence-electron chi connectivity index (χ3n) is 3.20. The summed E-state index contributed by atoms with van der Waals surface area (Å²) in [4.78, 5) is 10.9. The highest BCUT2D eigenvalue weighted by Gasteiger charge is 2.10. The van der Waals surface area contributed by atoms with Crippen molar-refractivity contribution in [2.75, 3.05) is 6.61 Å². The van der Waals surface area contributed by atoms with Gasteiger partial charge in [-0.1, -0.05) is 30.3 Å². The van der Waals surface area contributed by atoms with Crippen molar-refractivity contribution in [1.82, 2.24) is 0 Å². The number of carboxylic acids is 1. The Morgan fingerprint density at radius 3 is 2.67 bits per heavy atom. The van der Waals surface area contributed by atoms with Gasteiger partial charge in [0.05, 0.1) is 6.61 Å². The number of aromatic carboxylic acids is 1. The van der Waals surface area contributed by atoms with Crippen molar-refractivity contribution in [3.63, 3.8) is 0 Å². The van der Waals surface area contributed by atoms with Crippen LogP contribution in [0.3, 0.4) is 0 Å². The van der Waals surface area contributed by atoms with E-state index in [1.165, 1.54) is 11.6 Å². The molecule has 3 aromatic rings. The third kappa shape index (κ3) is 3.05. The quantitative estimate of drug-likeness (QED) is 0.774. The molecule has 0 aliphatic heterocycles. The molecule has 1 heterocycles. The van der Waals surface area contributed by atoms with E-state index in [-0.39, 0.29) is 5.76 Å². The molecule has 2 aromatic carbocycles. The number of hydrogen-bond donors (Lipinski definition) is 1. The van der Waals surface area contributed by atoms with Crippen molar-refractivity contribution in [2.45, 2.75) is 6.42 Å². The van der Waals surface area contributed by atoms with Crippen LogP contribution in [0, 0.1) is 0 Å². The predicted molar refractivity (Wildman–Crippen MR) is 78.8 cm³/mol. The first kappa shape index (κ1) is 13.2. The molecule has 1 aromatic heterocycles. The average Bonchev–Trinajstić information content (AvgIpc) is 2.92. The van der Waals surface area contributed by atoms with Crippen LogP contribution in [0.1, 0.15) is 16.1 Å². The van der Waals surface area contributed by atoms with E-state index in [2.05, 4.69) is 12.1 Å². The molecule has 0 saturated heterocycles. The maximum Gasteiger partial charge on any atom is 0.371 e. The number of benzene rings is 2. The fraction of sp³-hybridized carbons (Fsp3) is 0.118. The lowest BCUT2D eigenvalue weighted by Gasteiger charge is -2.06. The number of carboxylic acid groups (broad SMARTS) is 1. The van der Waals surface area contributed by atoms with Crippen LogP contribution in [0.15, 0.2) is 59.0 Å². The minimum absolute atomic E-state index is 0.0635. The van der Waals surface area contributed by atoms with Gasteiger partial charge in [0, 0.05) is 17.9 Å². The summed E-state index contributed by atoms with van der Waals surface area (Å²) in [5.41, 5.74) is 1.73. The van der Waals surface area contributed by atoms with Gasteiger partial charge in [-0.25, -0.2) is 4.79 Å². The van der Waals surface area contributed by atoms with E-state index in [4.69, 9.17) is 14.3 Å². The van der Waals surface area contributed by atoms with E-state index < -0.39 is 5.97 Å². The molecular weight excluding hydrogens is 268 g/mol. The van der Waals surface area contributed by atoms with E-state index in [1.807, 2.05) is 24.3 Å². The molecular formula is C17H14O4. The summed E-state index contributed by atoms with van der Waals surface area (Å²) in [7, 11) is 0. The van der Waals surface area contributed by atoms with E-state index >= 15 is 0 Å². The van der Waals surface area contributed by atoms with Crippen LogP contribution in [-0.2, 0) is 6.42 Å². The molecule has 21 heavy (non-hydrogen) atoms. The van der Waals surface area contributed by atoms with Gasteiger partial charge in [0.25, 0.3) is 0 Å². The molecule has 0 spiro atoms. The van der Waals surface area contributed by atoms with Crippen LogP contribution in [-0.4, -0.2) is 17.7 Å². The summed E-state index contributed by atoms with van der Waals surface area (Å²) >= 11 is 0. The van der Waals surface area contributed by atoms with Crippen molar-refractivity contribution >= 4 is 16.9 Å². The fourth-order valence-electron chi connectivity index (χ4n) is 2.14. The molecule has 0 saturated carbocycles. The molecule has 0 fully saturated rings. The zero-order chi connectivity index (χ0) is 14.7. The van der Waals surface area contributed by atoms with Crippen molar-refractivity contribution in [3.8, 4) is 5.75 Å². The SMILES string of the molecule is O=C(O)c1cc2ccc(OCCc3ccccc3)cc2o1. The highest BCUT2D eigenvalue weighted by Crippen LogP contribution is 2.24. The van der Waals surface area contributed by atoms with Gasteiger partial charge in [-0.3, -0.25) is 0 Å². The lowest BCUT2D eigenvalue weighted by molar-refractivity contribution is 0.0665. The van der Waals surface area contributed by atoms with Crippen LogP contribution < -0.4 is 4.74 Å². The minimum Gasteiger partial charge on any atom is -0.493 e.